The van der Waals surface area contributed by atoms with Crippen LogP contribution in [0.1, 0.15) is 40.4 Å². The lowest BCUT2D eigenvalue weighted by Gasteiger charge is -2.09. The minimum Gasteiger partial charge on any atom is -0.316 e. The third-order valence-electron chi connectivity index (χ3n) is 4.93. The molecule has 28 heavy (non-hydrogen) atoms. The van der Waals surface area contributed by atoms with Crippen molar-refractivity contribution in [3.8, 4) is 0 Å². The van der Waals surface area contributed by atoms with Crippen LogP contribution < -0.4 is 10.9 Å². The lowest BCUT2D eigenvalue weighted by Crippen LogP contribution is -2.15. The van der Waals surface area contributed by atoms with E-state index in [2.05, 4.69) is 20.4 Å². The van der Waals surface area contributed by atoms with Crippen molar-refractivity contribution in [3.05, 3.63) is 44.1 Å². The van der Waals surface area contributed by atoms with Crippen LogP contribution in [0.4, 0.5) is 13.2 Å². The van der Waals surface area contributed by atoms with Gasteiger partial charge in [0.2, 0.25) is 0 Å². The molecule has 0 bridgehead atoms. The molecule has 3 aromatic heterocycles. The number of thiophene rings is 1. The number of halogens is 3. The first-order valence-electron chi connectivity index (χ1n) is 9.18. The Kier molecular flexibility index (Phi) is 5.00. The van der Waals surface area contributed by atoms with Crippen molar-refractivity contribution in [2.45, 2.75) is 51.4 Å². The summed E-state index contributed by atoms with van der Waals surface area (Å²) >= 11 is 1.56. The molecule has 150 valence electrons. The Morgan fingerprint density at radius 1 is 1.32 bits per heavy atom. The number of hydrogen-bond donors (Lipinski definition) is 2. The summed E-state index contributed by atoms with van der Waals surface area (Å²) < 4.78 is 40.6. The number of aromatic amines is 1. The summed E-state index contributed by atoms with van der Waals surface area (Å²) in [6.45, 7) is 0.281. The first-order chi connectivity index (χ1) is 13.4. The molecule has 0 fully saturated rings. The summed E-state index contributed by atoms with van der Waals surface area (Å²) in [4.78, 5) is 21.9. The molecule has 3 aromatic rings. The summed E-state index contributed by atoms with van der Waals surface area (Å²) in [5, 5.41) is 7.09. The van der Waals surface area contributed by atoms with E-state index in [9.17, 15) is 18.0 Å². The molecule has 4 rings (SSSR count). The van der Waals surface area contributed by atoms with Gasteiger partial charge in [0.05, 0.1) is 5.39 Å². The van der Waals surface area contributed by atoms with Gasteiger partial charge in [-0.2, -0.15) is 18.3 Å². The molecule has 1 aliphatic rings. The molecule has 3 heterocycles. The Hall–Kier alpha value is -2.20. The van der Waals surface area contributed by atoms with Crippen molar-refractivity contribution in [1.82, 2.24) is 25.1 Å². The van der Waals surface area contributed by atoms with Gasteiger partial charge in [0.25, 0.3) is 5.56 Å². The highest BCUT2D eigenvalue weighted by atomic mass is 32.1. The van der Waals surface area contributed by atoms with Gasteiger partial charge in [0, 0.05) is 36.1 Å². The van der Waals surface area contributed by atoms with Gasteiger partial charge in [-0.3, -0.25) is 9.48 Å². The minimum absolute atomic E-state index is 0.0800. The van der Waals surface area contributed by atoms with Crippen LogP contribution in [0.15, 0.2) is 11.0 Å². The van der Waals surface area contributed by atoms with Crippen molar-refractivity contribution in [3.63, 3.8) is 0 Å². The van der Waals surface area contributed by atoms with Gasteiger partial charge in [0.1, 0.15) is 10.7 Å². The fourth-order valence-corrected chi connectivity index (χ4v) is 4.96. The largest absolute Gasteiger partial charge is 0.435 e. The average Bonchev–Trinajstić information content (AvgIpc) is 3.21. The van der Waals surface area contributed by atoms with E-state index in [4.69, 9.17) is 0 Å². The van der Waals surface area contributed by atoms with Crippen LogP contribution in [0.25, 0.3) is 10.2 Å². The van der Waals surface area contributed by atoms with E-state index in [1.165, 1.54) is 15.8 Å². The number of aromatic nitrogens is 4. The molecule has 0 radical (unpaired) electrons. The Morgan fingerprint density at radius 2 is 2.11 bits per heavy atom. The van der Waals surface area contributed by atoms with Gasteiger partial charge in [-0.1, -0.05) is 0 Å². The quantitative estimate of drug-likeness (QED) is 0.677. The highest BCUT2D eigenvalue weighted by Gasteiger charge is 2.36. The smallest absolute Gasteiger partial charge is 0.316 e. The van der Waals surface area contributed by atoms with Gasteiger partial charge >= 0.3 is 6.18 Å². The van der Waals surface area contributed by atoms with Crippen LogP contribution in [0, 0.1) is 0 Å². The monoisotopic (exact) mass is 411 g/mol. The molecule has 0 spiro atoms. The Morgan fingerprint density at radius 3 is 2.86 bits per heavy atom. The van der Waals surface area contributed by atoms with E-state index in [0.29, 0.717) is 17.6 Å². The third kappa shape index (κ3) is 3.58. The van der Waals surface area contributed by atoms with Gasteiger partial charge in [-0.05, 0) is 38.3 Å². The summed E-state index contributed by atoms with van der Waals surface area (Å²) in [5.41, 5.74) is 0.166. The number of fused-ring (bicyclic) bond motifs is 3. The molecule has 0 saturated carbocycles. The van der Waals surface area contributed by atoms with Crippen LogP contribution >= 0.6 is 11.3 Å². The van der Waals surface area contributed by atoms with Crippen molar-refractivity contribution in [2.75, 3.05) is 7.05 Å². The third-order valence-corrected chi connectivity index (χ3v) is 6.11. The molecule has 0 atom stereocenters. The average molecular weight is 411 g/mol. The van der Waals surface area contributed by atoms with Crippen molar-refractivity contribution in [1.29, 1.82) is 0 Å². The van der Waals surface area contributed by atoms with E-state index < -0.39 is 11.9 Å². The van der Waals surface area contributed by atoms with Gasteiger partial charge in [0.15, 0.2) is 5.69 Å². The predicted molar refractivity (Wildman–Crippen MR) is 101 cm³/mol. The molecule has 0 saturated heterocycles. The van der Waals surface area contributed by atoms with Gasteiger partial charge in [-0.25, -0.2) is 4.98 Å². The Bertz CT molecular complexity index is 1070. The SMILES string of the molecule is CNCc1cn(CCc2nc3sc4c(c3c(=O)[nH]2)CCCC4)nc1C(F)(F)F. The van der Waals surface area contributed by atoms with Crippen LogP contribution in [0.3, 0.4) is 0 Å². The number of alkyl halides is 3. The second-order valence-electron chi connectivity index (χ2n) is 6.95. The number of nitrogens with zero attached hydrogens (tertiary/aromatic N) is 3. The maximum absolute atomic E-state index is 13.1. The van der Waals surface area contributed by atoms with Crippen molar-refractivity contribution < 1.29 is 13.2 Å². The summed E-state index contributed by atoms with van der Waals surface area (Å²) in [7, 11) is 1.59. The van der Waals surface area contributed by atoms with Crippen molar-refractivity contribution >= 4 is 21.6 Å². The Balaban J connectivity index is 1.58. The standard InChI is InChI=1S/C18H20F3N5OS/c1-22-8-10-9-26(25-15(10)18(19,20)21)7-6-13-23-16(27)14-11-4-2-3-5-12(11)28-17(14)24-13/h9,22H,2-8H2,1H3,(H,23,24,27). The van der Waals surface area contributed by atoms with Crippen molar-refractivity contribution in [2.24, 2.45) is 0 Å². The summed E-state index contributed by atoms with van der Waals surface area (Å²) in [6.07, 6.45) is 1.27. The molecular formula is C18H20F3N5OS. The molecule has 0 unspecified atom stereocenters. The summed E-state index contributed by atoms with van der Waals surface area (Å²) in [5.74, 6) is 0.468. The van der Waals surface area contributed by atoms with E-state index >= 15 is 0 Å². The van der Waals surface area contributed by atoms with Crippen LogP contribution in [0.5, 0.6) is 0 Å². The lowest BCUT2D eigenvalue weighted by atomic mass is 9.97. The minimum atomic E-state index is -4.50. The first kappa shape index (κ1) is 19.1. The highest BCUT2D eigenvalue weighted by molar-refractivity contribution is 7.18. The number of H-pyrrole nitrogens is 1. The van der Waals surface area contributed by atoms with E-state index in [0.717, 1.165) is 36.1 Å². The van der Waals surface area contributed by atoms with E-state index in [1.807, 2.05) is 0 Å². The zero-order valence-corrected chi connectivity index (χ0v) is 16.1. The first-order valence-corrected chi connectivity index (χ1v) is 10.00. The van der Waals surface area contributed by atoms with Gasteiger partial charge < -0.3 is 10.3 Å². The Labute approximate surface area is 162 Å². The molecule has 2 N–H and O–H groups in total. The van der Waals surface area contributed by atoms with Crippen LogP contribution in [0.2, 0.25) is 0 Å². The fraction of sp³-hybridized carbons (Fsp3) is 0.500. The zero-order chi connectivity index (χ0) is 19.9. The highest BCUT2D eigenvalue weighted by Crippen LogP contribution is 2.33. The number of nitrogens with one attached hydrogen (secondary N) is 2. The topological polar surface area (TPSA) is 75.6 Å². The van der Waals surface area contributed by atoms with Gasteiger partial charge in [-0.15, -0.1) is 11.3 Å². The second kappa shape index (κ2) is 7.32. The number of hydrogen-bond acceptors (Lipinski definition) is 5. The van der Waals surface area contributed by atoms with E-state index in [1.54, 1.807) is 18.4 Å². The van der Waals surface area contributed by atoms with Crippen LogP contribution in [-0.4, -0.2) is 26.8 Å². The lowest BCUT2D eigenvalue weighted by molar-refractivity contribution is -0.142. The number of aryl methyl sites for hydroxylation is 4. The maximum Gasteiger partial charge on any atom is 0.435 e. The second-order valence-corrected chi connectivity index (χ2v) is 8.03. The molecule has 0 amide bonds. The molecule has 10 heteroatoms. The molecule has 0 aliphatic heterocycles. The van der Waals surface area contributed by atoms with Crippen LogP contribution in [-0.2, 0) is 38.5 Å². The number of rotatable bonds is 5. The molecular weight excluding hydrogens is 391 g/mol. The normalized spacial score (nSPS) is 14.6. The van der Waals surface area contributed by atoms with E-state index in [-0.39, 0.29) is 24.2 Å². The fourth-order valence-electron chi connectivity index (χ4n) is 3.68. The zero-order valence-electron chi connectivity index (χ0n) is 15.3. The molecule has 1 aliphatic carbocycles. The summed E-state index contributed by atoms with van der Waals surface area (Å²) in [6, 6.07) is 0. The molecule has 6 nitrogen and oxygen atoms in total. The maximum atomic E-state index is 13.1. The molecule has 0 aromatic carbocycles. The predicted octanol–water partition coefficient (Wildman–Crippen LogP) is 3.04.